The van der Waals surface area contributed by atoms with Gasteiger partial charge in [-0.3, -0.25) is 4.79 Å². The molecule has 0 radical (unpaired) electrons. The molecule has 0 saturated heterocycles. The SMILES string of the molecule is COC(=O)N[C@H](CCc1ccccc1)CC(=O)O. The smallest absolute Gasteiger partial charge is 0.407 e. The molecule has 1 rings (SSSR count). The molecule has 0 aliphatic rings. The van der Waals surface area contributed by atoms with E-state index in [0.717, 1.165) is 5.56 Å². The van der Waals surface area contributed by atoms with Gasteiger partial charge in [-0.15, -0.1) is 0 Å². The average molecular weight is 251 g/mol. The van der Waals surface area contributed by atoms with E-state index in [1.165, 1.54) is 7.11 Å². The van der Waals surface area contributed by atoms with Crippen molar-refractivity contribution in [1.82, 2.24) is 5.32 Å². The fraction of sp³-hybridized carbons (Fsp3) is 0.385. The lowest BCUT2D eigenvalue weighted by molar-refractivity contribution is -0.137. The summed E-state index contributed by atoms with van der Waals surface area (Å²) < 4.78 is 4.47. The van der Waals surface area contributed by atoms with Crippen molar-refractivity contribution in [1.29, 1.82) is 0 Å². The highest BCUT2D eigenvalue weighted by molar-refractivity contribution is 5.71. The van der Waals surface area contributed by atoms with Crippen LogP contribution < -0.4 is 5.32 Å². The first-order valence-electron chi connectivity index (χ1n) is 5.72. The molecule has 2 N–H and O–H groups in total. The molecule has 18 heavy (non-hydrogen) atoms. The van der Waals surface area contributed by atoms with Crippen LogP contribution in [0.15, 0.2) is 30.3 Å². The summed E-state index contributed by atoms with van der Waals surface area (Å²) in [7, 11) is 1.25. The van der Waals surface area contributed by atoms with Gasteiger partial charge in [-0.05, 0) is 18.4 Å². The van der Waals surface area contributed by atoms with Crippen LogP contribution in [0, 0.1) is 0 Å². The quantitative estimate of drug-likeness (QED) is 0.808. The summed E-state index contributed by atoms with van der Waals surface area (Å²) in [4.78, 5) is 21.8. The van der Waals surface area contributed by atoms with E-state index in [9.17, 15) is 9.59 Å². The van der Waals surface area contributed by atoms with Crippen LogP contribution in [0.5, 0.6) is 0 Å². The average Bonchev–Trinajstić information content (AvgIpc) is 2.36. The Balaban J connectivity index is 2.50. The number of aryl methyl sites for hydroxylation is 1. The molecule has 1 atom stereocenters. The summed E-state index contributed by atoms with van der Waals surface area (Å²) in [6.45, 7) is 0. The lowest BCUT2D eigenvalue weighted by Crippen LogP contribution is -2.36. The number of carbonyl (C=O) groups is 2. The van der Waals surface area contributed by atoms with Gasteiger partial charge in [-0.2, -0.15) is 0 Å². The van der Waals surface area contributed by atoms with Crippen LogP contribution in [-0.2, 0) is 16.0 Å². The predicted molar refractivity (Wildman–Crippen MR) is 66.3 cm³/mol. The molecule has 1 aromatic carbocycles. The Morgan fingerprint density at radius 2 is 2.00 bits per heavy atom. The van der Waals surface area contributed by atoms with Crippen LogP contribution in [0.2, 0.25) is 0 Å². The lowest BCUT2D eigenvalue weighted by atomic mass is 10.0. The van der Waals surface area contributed by atoms with Gasteiger partial charge in [0.05, 0.1) is 13.5 Å². The van der Waals surface area contributed by atoms with E-state index >= 15 is 0 Å². The van der Waals surface area contributed by atoms with Crippen molar-refractivity contribution < 1.29 is 19.4 Å². The van der Waals surface area contributed by atoms with Crippen molar-refractivity contribution in [2.45, 2.75) is 25.3 Å². The molecular weight excluding hydrogens is 234 g/mol. The minimum absolute atomic E-state index is 0.109. The lowest BCUT2D eigenvalue weighted by Gasteiger charge is -2.15. The number of rotatable bonds is 6. The number of aliphatic carboxylic acids is 1. The molecule has 1 aromatic rings. The standard InChI is InChI=1S/C13H17NO4/c1-18-13(17)14-11(9-12(15)16)8-7-10-5-3-2-4-6-10/h2-6,11H,7-9H2,1H3,(H,14,17)(H,15,16)/t11-/m1/s1. The topological polar surface area (TPSA) is 75.6 Å². The van der Waals surface area contributed by atoms with Crippen LogP contribution in [0.3, 0.4) is 0 Å². The van der Waals surface area contributed by atoms with Gasteiger partial charge in [0.1, 0.15) is 0 Å². The normalized spacial score (nSPS) is 11.6. The van der Waals surface area contributed by atoms with Gasteiger partial charge in [-0.25, -0.2) is 4.79 Å². The Hall–Kier alpha value is -2.04. The number of hydrogen-bond donors (Lipinski definition) is 2. The number of methoxy groups -OCH3 is 1. The molecule has 0 spiro atoms. The zero-order chi connectivity index (χ0) is 13.4. The van der Waals surface area contributed by atoms with Crippen LogP contribution in [0.1, 0.15) is 18.4 Å². The maximum absolute atomic E-state index is 11.1. The molecule has 0 aliphatic heterocycles. The number of carbonyl (C=O) groups excluding carboxylic acids is 1. The number of ether oxygens (including phenoxy) is 1. The van der Waals surface area contributed by atoms with E-state index in [1.807, 2.05) is 30.3 Å². The monoisotopic (exact) mass is 251 g/mol. The fourth-order valence-electron chi connectivity index (χ4n) is 1.65. The molecular formula is C13H17NO4. The van der Waals surface area contributed by atoms with Gasteiger partial charge in [0.15, 0.2) is 0 Å². The Bertz CT molecular complexity index is 391. The molecule has 0 heterocycles. The van der Waals surface area contributed by atoms with Crippen LogP contribution in [-0.4, -0.2) is 30.3 Å². The molecule has 5 heteroatoms. The van der Waals surface area contributed by atoms with Gasteiger partial charge in [-0.1, -0.05) is 30.3 Å². The van der Waals surface area contributed by atoms with E-state index in [0.29, 0.717) is 12.8 Å². The van der Waals surface area contributed by atoms with E-state index in [-0.39, 0.29) is 6.42 Å². The third-order valence-corrected chi connectivity index (χ3v) is 2.55. The first-order valence-corrected chi connectivity index (χ1v) is 5.72. The third-order valence-electron chi connectivity index (χ3n) is 2.55. The summed E-state index contributed by atoms with van der Waals surface area (Å²) in [5, 5.41) is 11.3. The van der Waals surface area contributed by atoms with E-state index < -0.39 is 18.1 Å². The fourth-order valence-corrected chi connectivity index (χ4v) is 1.65. The van der Waals surface area contributed by atoms with Gasteiger partial charge < -0.3 is 15.2 Å². The van der Waals surface area contributed by atoms with Crippen LogP contribution >= 0.6 is 0 Å². The van der Waals surface area contributed by atoms with E-state index in [4.69, 9.17) is 5.11 Å². The number of alkyl carbamates (subject to hydrolysis) is 1. The zero-order valence-corrected chi connectivity index (χ0v) is 10.3. The first kappa shape index (κ1) is 14.0. The minimum Gasteiger partial charge on any atom is -0.481 e. The first-order chi connectivity index (χ1) is 8.61. The number of carboxylic acids is 1. The van der Waals surface area contributed by atoms with Crippen molar-refractivity contribution in [3.05, 3.63) is 35.9 Å². The minimum atomic E-state index is -0.940. The highest BCUT2D eigenvalue weighted by Crippen LogP contribution is 2.07. The van der Waals surface area contributed by atoms with E-state index in [1.54, 1.807) is 0 Å². The Morgan fingerprint density at radius 3 is 2.56 bits per heavy atom. The number of hydrogen-bond acceptors (Lipinski definition) is 3. The molecule has 0 saturated carbocycles. The second-order valence-electron chi connectivity index (χ2n) is 3.95. The molecule has 0 unspecified atom stereocenters. The number of nitrogens with one attached hydrogen (secondary N) is 1. The Morgan fingerprint density at radius 1 is 1.33 bits per heavy atom. The van der Waals surface area contributed by atoms with Crippen molar-refractivity contribution >= 4 is 12.1 Å². The number of carboxylic acid groups (broad SMARTS) is 1. The van der Waals surface area contributed by atoms with Crippen molar-refractivity contribution in [2.24, 2.45) is 0 Å². The van der Waals surface area contributed by atoms with Crippen molar-refractivity contribution in [3.8, 4) is 0 Å². The van der Waals surface area contributed by atoms with Gasteiger partial charge >= 0.3 is 12.1 Å². The maximum Gasteiger partial charge on any atom is 0.407 e. The zero-order valence-electron chi connectivity index (χ0n) is 10.3. The molecule has 98 valence electrons. The van der Waals surface area contributed by atoms with Crippen LogP contribution in [0.4, 0.5) is 4.79 Å². The summed E-state index contributed by atoms with van der Waals surface area (Å²) in [6, 6.07) is 9.29. The van der Waals surface area contributed by atoms with Crippen molar-refractivity contribution in [2.75, 3.05) is 7.11 Å². The Labute approximate surface area is 106 Å². The molecule has 0 aliphatic carbocycles. The summed E-state index contributed by atoms with van der Waals surface area (Å²) >= 11 is 0. The second-order valence-corrected chi connectivity index (χ2v) is 3.95. The summed E-state index contributed by atoms with van der Waals surface area (Å²) in [5.41, 5.74) is 1.11. The van der Waals surface area contributed by atoms with Crippen LogP contribution in [0.25, 0.3) is 0 Å². The van der Waals surface area contributed by atoms with Gasteiger partial charge in [0, 0.05) is 6.04 Å². The largest absolute Gasteiger partial charge is 0.481 e. The highest BCUT2D eigenvalue weighted by atomic mass is 16.5. The molecule has 5 nitrogen and oxygen atoms in total. The maximum atomic E-state index is 11.1. The van der Waals surface area contributed by atoms with Gasteiger partial charge in [0.2, 0.25) is 0 Å². The van der Waals surface area contributed by atoms with Crippen molar-refractivity contribution in [3.63, 3.8) is 0 Å². The van der Waals surface area contributed by atoms with E-state index in [2.05, 4.69) is 10.1 Å². The predicted octanol–water partition coefficient (Wildman–Crippen LogP) is 1.82. The summed E-state index contributed by atoms with van der Waals surface area (Å²) in [5.74, 6) is -0.940. The molecule has 0 fully saturated rings. The summed E-state index contributed by atoms with van der Waals surface area (Å²) in [6.07, 6.45) is 0.560. The molecule has 0 aromatic heterocycles. The number of benzene rings is 1. The second kappa shape index (κ2) is 7.32. The molecule has 0 bridgehead atoms. The molecule has 1 amide bonds. The van der Waals surface area contributed by atoms with Gasteiger partial charge in [0.25, 0.3) is 0 Å². The third kappa shape index (κ3) is 5.34. The Kier molecular flexibility index (Phi) is 5.70. The highest BCUT2D eigenvalue weighted by Gasteiger charge is 2.16. The number of amides is 1.